The van der Waals surface area contributed by atoms with Crippen LogP contribution in [-0.2, 0) is 37.5 Å². The van der Waals surface area contributed by atoms with Crippen molar-refractivity contribution in [3.05, 3.63) is 87.5 Å². The summed E-state index contributed by atoms with van der Waals surface area (Å²) in [7, 11) is 1.61. The fourth-order valence-electron chi connectivity index (χ4n) is 4.77. The minimum Gasteiger partial charge on any atom is -0.760 e. The van der Waals surface area contributed by atoms with Crippen LogP contribution in [0.1, 0.15) is 22.5 Å². The van der Waals surface area contributed by atoms with Gasteiger partial charge in [-0.3, -0.25) is 9.00 Å². The van der Waals surface area contributed by atoms with Gasteiger partial charge >= 0.3 is 6.18 Å². The predicted octanol–water partition coefficient (Wildman–Crippen LogP) is 4.32. The Labute approximate surface area is 221 Å². The van der Waals surface area contributed by atoms with E-state index in [0.29, 0.717) is 50.5 Å². The second kappa shape index (κ2) is 10.1. The molecule has 2 aromatic carbocycles. The zero-order valence-corrected chi connectivity index (χ0v) is 21.5. The SMILES string of the molecule is Cc1nc2c(CCNS(=O)[O-])cc(-c3cn(C)c(=O)c4[nH]ccc34)cc2n1Cc1cc(C(F)(F)F)ccc1F. The molecule has 39 heavy (non-hydrogen) atoms. The Morgan fingerprint density at radius 1 is 1.15 bits per heavy atom. The van der Waals surface area contributed by atoms with E-state index >= 15 is 0 Å². The van der Waals surface area contributed by atoms with Crippen LogP contribution in [-0.4, -0.2) is 34.4 Å². The molecule has 3 heterocycles. The molecule has 5 aromatic rings. The molecule has 0 radical (unpaired) electrons. The van der Waals surface area contributed by atoms with Crippen LogP contribution in [0.2, 0.25) is 0 Å². The number of aryl methyl sites for hydroxylation is 2. The second-order valence-corrected chi connectivity index (χ2v) is 9.91. The van der Waals surface area contributed by atoms with Gasteiger partial charge in [0.2, 0.25) is 0 Å². The summed E-state index contributed by atoms with van der Waals surface area (Å²) in [4.78, 5) is 20.1. The van der Waals surface area contributed by atoms with E-state index in [2.05, 4.69) is 14.7 Å². The molecule has 3 aromatic heterocycles. The van der Waals surface area contributed by atoms with Gasteiger partial charge in [-0.05, 0) is 60.9 Å². The van der Waals surface area contributed by atoms with E-state index in [1.165, 1.54) is 4.57 Å². The van der Waals surface area contributed by atoms with E-state index in [4.69, 9.17) is 0 Å². The molecular formula is C26H22F4N5O3S-. The molecule has 0 spiro atoms. The summed E-state index contributed by atoms with van der Waals surface area (Å²) < 4.78 is 82.1. The highest BCUT2D eigenvalue weighted by Gasteiger charge is 2.31. The van der Waals surface area contributed by atoms with Gasteiger partial charge in [0, 0.05) is 53.8 Å². The van der Waals surface area contributed by atoms with Crippen molar-refractivity contribution in [1.29, 1.82) is 0 Å². The van der Waals surface area contributed by atoms with Crippen LogP contribution in [0.25, 0.3) is 33.1 Å². The molecule has 0 aliphatic rings. The van der Waals surface area contributed by atoms with Crippen molar-refractivity contribution in [2.45, 2.75) is 26.1 Å². The van der Waals surface area contributed by atoms with Crippen molar-refractivity contribution in [3.8, 4) is 11.1 Å². The van der Waals surface area contributed by atoms with Crippen molar-refractivity contribution in [1.82, 2.24) is 23.8 Å². The summed E-state index contributed by atoms with van der Waals surface area (Å²) in [5.41, 5.74) is 2.15. The number of benzene rings is 2. The summed E-state index contributed by atoms with van der Waals surface area (Å²) in [5.74, 6) is -0.345. The standard InChI is InChI=1S/C26H23F4N5O3S/c1-14-33-23-15(5-8-32-39(37)38)9-16(20-13-34(2)25(36)24-19(20)6-7-31-24)11-22(23)35(14)12-17-10-18(26(28,29)30)3-4-21(17)27/h3-4,6-7,9-11,13,31-32H,5,8,12H2,1-2H3,(H,37,38)/p-1. The van der Waals surface area contributed by atoms with Gasteiger partial charge in [-0.2, -0.15) is 13.2 Å². The highest BCUT2D eigenvalue weighted by molar-refractivity contribution is 7.77. The van der Waals surface area contributed by atoms with Crippen molar-refractivity contribution in [3.63, 3.8) is 0 Å². The number of hydrogen-bond donors (Lipinski definition) is 2. The van der Waals surface area contributed by atoms with Gasteiger partial charge in [-0.1, -0.05) is 0 Å². The Morgan fingerprint density at radius 2 is 1.92 bits per heavy atom. The average molecular weight is 561 g/mol. The molecule has 1 atom stereocenters. The van der Waals surface area contributed by atoms with Crippen molar-refractivity contribution in [2.24, 2.45) is 7.05 Å². The van der Waals surface area contributed by atoms with Gasteiger partial charge in [0.05, 0.1) is 23.1 Å². The van der Waals surface area contributed by atoms with Gasteiger partial charge in [0.1, 0.15) is 17.2 Å². The molecule has 0 bridgehead atoms. The fourth-order valence-corrected chi connectivity index (χ4v) is 5.03. The molecule has 0 fully saturated rings. The Kier molecular flexibility index (Phi) is 6.91. The van der Waals surface area contributed by atoms with Crippen LogP contribution in [0.4, 0.5) is 17.6 Å². The molecule has 0 amide bonds. The van der Waals surface area contributed by atoms with E-state index in [0.717, 1.165) is 12.1 Å². The highest BCUT2D eigenvalue weighted by Crippen LogP contribution is 2.34. The van der Waals surface area contributed by atoms with E-state index in [-0.39, 0.29) is 30.6 Å². The molecular weight excluding hydrogens is 538 g/mol. The maximum atomic E-state index is 14.7. The number of nitrogens with zero attached hydrogens (tertiary/aromatic N) is 3. The fraction of sp³-hybridized carbons (Fsp3) is 0.231. The zero-order valence-electron chi connectivity index (χ0n) is 20.7. The topological polar surface area (TPSA) is 108 Å². The lowest BCUT2D eigenvalue weighted by atomic mass is 9.99. The monoisotopic (exact) mass is 560 g/mol. The van der Waals surface area contributed by atoms with E-state index in [1.54, 1.807) is 43.1 Å². The van der Waals surface area contributed by atoms with E-state index in [9.17, 15) is 31.1 Å². The first kappa shape index (κ1) is 26.8. The first-order valence-electron chi connectivity index (χ1n) is 11.8. The Balaban J connectivity index is 1.71. The average Bonchev–Trinajstić information content (AvgIpc) is 3.47. The minimum atomic E-state index is -4.63. The predicted molar refractivity (Wildman–Crippen MR) is 138 cm³/mol. The molecule has 1 unspecified atom stereocenters. The molecule has 0 saturated carbocycles. The number of halogens is 4. The Bertz CT molecular complexity index is 1810. The van der Waals surface area contributed by atoms with E-state index < -0.39 is 28.8 Å². The third-order valence-electron chi connectivity index (χ3n) is 6.64. The van der Waals surface area contributed by atoms with Crippen LogP contribution in [0.15, 0.2) is 53.6 Å². The minimum absolute atomic E-state index is 0.0790. The number of hydrogen-bond acceptors (Lipinski definition) is 4. The molecule has 8 nitrogen and oxygen atoms in total. The van der Waals surface area contributed by atoms with Crippen molar-refractivity contribution < 1.29 is 26.3 Å². The summed E-state index contributed by atoms with van der Waals surface area (Å²) >= 11 is -2.47. The lowest BCUT2D eigenvalue weighted by molar-refractivity contribution is -0.137. The van der Waals surface area contributed by atoms with Crippen LogP contribution in [0.5, 0.6) is 0 Å². The van der Waals surface area contributed by atoms with Crippen molar-refractivity contribution >= 4 is 33.2 Å². The Morgan fingerprint density at radius 3 is 2.64 bits per heavy atom. The number of fused-ring (bicyclic) bond motifs is 2. The number of rotatable bonds is 7. The molecule has 0 aliphatic heterocycles. The number of pyridine rings is 1. The summed E-state index contributed by atoms with van der Waals surface area (Å²) in [6.45, 7) is 1.53. The summed E-state index contributed by atoms with van der Waals surface area (Å²) in [6.07, 6.45) is -1.05. The molecule has 13 heteroatoms. The maximum absolute atomic E-state index is 14.7. The molecule has 0 saturated heterocycles. The smallest absolute Gasteiger partial charge is 0.416 e. The Hall–Kier alpha value is -3.81. The summed E-state index contributed by atoms with van der Waals surface area (Å²) in [6, 6.07) is 7.67. The number of aromatic amines is 1. The van der Waals surface area contributed by atoms with Gasteiger partial charge in [0.25, 0.3) is 5.56 Å². The van der Waals surface area contributed by atoms with Gasteiger partial charge < -0.3 is 18.7 Å². The normalized spacial score (nSPS) is 13.0. The third kappa shape index (κ3) is 5.12. The first-order valence-corrected chi connectivity index (χ1v) is 12.9. The lowest BCUT2D eigenvalue weighted by Gasteiger charge is -2.14. The number of imidazole rings is 1. The van der Waals surface area contributed by atoms with Gasteiger partial charge in [-0.15, -0.1) is 0 Å². The molecule has 2 N–H and O–H groups in total. The number of nitrogens with one attached hydrogen (secondary N) is 2. The van der Waals surface area contributed by atoms with Crippen molar-refractivity contribution in [2.75, 3.05) is 6.54 Å². The first-order chi connectivity index (χ1) is 18.4. The van der Waals surface area contributed by atoms with Crippen LogP contribution in [0.3, 0.4) is 0 Å². The summed E-state index contributed by atoms with van der Waals surface area (Å²) in [5, 5.41) is 0.661. The maximum Gasteiger partial charge on any atom is 0.416 e. The van der Waals surface area contributed by atoms with Crippen LogP contribution >= 0.6 is 0 Å². The van der Waals surface area contributed by atoms with Gasteiger partial charge in [-0.25, -0.2) is 14.1 Å². The quantitative estimate of drug-likeness (QED) is 0.228. The molecule has 0 aliphatic carbocycles. The van der Waals surface area contributed by atoms with Crippen LogP contribution in [0, 0.1) is 12.7 Å². The van der Waals surface area contributed by atoms with Gasteiger partial charge in [0.15, 0.2) is 0 Å². The zero-order chi connectivity index (χ0) is 28.1. The second-order valence-electron chi connectivity index (χ2n) is 9.16. The lowest BCUT2D eigenvalue weighted by Crippen LogP contribution is -2.19. The number of aromatic nitrogens is 4. The number of H-pyrrole nitrogens is 1. The molecule has 204 valence electrons. The highest BCUT2D eigenvalue weighted by atomic mass is 32.2. The number of alkyl halides is 3. The third-order valence-corrected chi connectivity index (χ3v) is 7.08. The molecule has 5 rings (SSSR count). The van der Waals surface area contributed by atoms with Crippen LogP contribution < -0.4 is 10.3 Å². The van der Waals surface area contributed by atoms with E-state index in [1.807, 2.05) is 6.07 Å². The largest absolute Gasteiger partial charge is 0.760 e.